The molecule has 0 aromatic heterocycles. The second kappa shape index (κ2) is 9.84. The molecule has 2 heterocycles. The number of nitrogens with zero attached hydrogens (tertiary/aromatic N) is 1. The molecule has 0 N–H and O–H groups in total. The minimum absolute atomic E-state index is 0.109. The number of Topliss-reactive ketones (excluding diaryl/α,β-unsaturated/α-hetero) is 1. The van der Waals surface area contributed by atoms with E-state index in [0.717, 1.165) is 46.9 Å². The molecule has 0 spiro atoms. The van der Waals surface area contributed by atoms with Crippen molar-refractivity contribution in [2.45, 2.75) is 26.8 Å². The third kappa shape index (κ3) is 4.62. The maximum atomic E-state index is 13.3. The van der Waals surface area contributed by atoms with Gasteiger partial charge in [-0.1, -0.05) is 30.3 Å². The smallest absolute Gasteiger partial charge is 0.232 e. The Balaban J connectivity index is 1.38. The van der Waals surface area contributed by atoms with Gasteiger partial charge in [-0.3, -0.25) is 9.69 Å². The molecule has 180 valence electrons. The van der Waals surface area contributed by atoms with Crippen molar-refractivity contribution >= 4 is 11.9 Å². The molecule has 3 aromatic carbocycles. The van der Waals surface area contributed by atoms with E-state index in [9.17, 15) is 4.79 Å². The molecule has 0 saturated heterocycles. The minimum atomic E-state index is -0.109. The van der Waals surface area contributed by atoms with Gasteiger partial charge >= 0.3 is 0 Å². The molecule has 3 aromatic rings. The lowest BCUT2D eigenvalue weighted by molar-refractivity contribution is 0.0949. The average molecular weight is 472 g/mol. The molecular formula is C29H29NO5. The lowest BCUT2D eigenvalue weighted by Crippen LogP contribution is -2.33. The summed E-state index contributed by atoms with van der Waals surface area (Å²) in [6, 6.07) is 17.7. The van der Waals surface area contributed by atoms with Crippen LogP contribution < -0.4 is 18.9 Å². The van der Waals surface area contributed by atoms with Crippen molar-refractivity contribution in [2.75, 3.05) is 27.0 Å². The van der Waals surface area contributed by atoms with Gasteiger partial charge in [0.2, 0.25) is 5.78 Å². The van der Waals surface area contributed by atoms with Crippen molar-refractivity contribution in [3.05, 3.63) is 88.2 Å². The van der Waals surface area contributed by atoms with Crippen LogP contribution in [-0.2, 0) is 13.0 Å². The highest BCUT2D eigenvalue weighted by atomic mass is 16.5. The summed E-state index contributed by atoms with van der Waals surface area (Å²) in [5.41, 5.74) is 4.44. The van der Waals surface area contributed by atoms with Gasteiger partial charge in [-0.2, -0.15) is 0 Å². The lowest BCUT2D eigenvalue weighted by Gasteiger charge is -2.30. The standard InChI is InChI=1S/C29H29NO5/c1-4-33-24-8-6-5-7-21(24)16-26-28(31)27-19(2)15-25-23(29(27)35-26)17-30(18-34-25)14-13-20-9-11-22(32-3)12-10-20/h5-12,15-16H,4,13-14,17-18H2,1-3H3/b26-16+. The number of hydrogen-bond acceptors (Lipinski definition) is 6. The fourth-order valence-corrected chi connectivity index (χ4v) is 4.53. The maximum Gasteiger partial charge on any atom is 0.232 e. The van der Waals surface area contributed by atoms with Crippen LogP contribution in [0.1, 0.15) is 39.5 Å². The Morgan fingerprint density at radius 3 is 2.69 bits per heavy atom. The van der Waals surface area contributed by atoms with Crippen LogP contribution >= 0.6 is 0 Å². The first-order chi connectivity index (χ1) is 17.1. The number of benzene rings is 3. The molecule has 2 aliphatic heterocycles. The highest BCUT2D eigenvalue weighted by molar-refractivity contribution is 6.16. The Morgan fingerprint density at radius 1 is 1.11 bits per heavy atom. The molecule has 0 aliphatic carbocycles. The zero-order valence-electron chi connectivity index (χ0n) is 20.3. The first-order valence-electron chi connectivity index (χ1n) is 11.9. The van der Waals surface area contributed by atoms with Crippen LogP contribution in [0.15, 0.2) is 60.4 Å². The number of allylic oxidation sites excluding steroid dienone is 1. The number of ketones is 1. The molecule has 5 rings (SSSR count). The largest absolute Gasteiger partial charge is 0.497 e. The van der Waals surface area contributed by atoms with E-state index in [0.29, 0.717) is 37.0 Å². The van der Waals surface area contributed by atoms with Crippen molar-refractivity contribution in [1.29, 1.82) is 0 Å². The molecule has 0 fully saturated rings. The molecule has 0 amide bonds. The van der Waals surface area contributed by atoms with E-state index in [2.05, 4.69) is 17.0 Å². The number of methoxy groups -OCH3 is 1. The van der Waals surface area contributed by atoms with Gasteiger partial charge in [0.1, 0.15) is 29.7 Å². The summed E-state index contributed by atoms with van der Waals surface area (Å²) < 4.78 is 23.3. The van der Waals surface area contributed by atoms with Crippen molar-refractivity contribution < 1.29 is 23.7 Å². The summed E-state index contributed by atoms with van der Waals surface area (Å²) in [5.74, 6) is 3.16. The van der Waals surface area contributed by atoms with E-state index in [-0.39, 0.29) is 5.78 Å². The summed E-state index contributed by atoms with van der Waals surface area (Å²) >= 11 is 0. The van der Waals surface area contributed by atoms with Crippen molar-refractivity contribution in [2.24, 2.45) is 0 Å². The van der Waals surface area contributed by atoms with Gasteiger partial charge in [-0.15, -0.1) is 0 Å². The molecule has 0 saturated carbocycles. The van der Waals surface area contributed by atoms with Crippen molar-refractivity contribution in [3.8, 4) is 23.0 Å². The van der Waals surface area contributed by atoms with Crippen molar-refractivity contribution in [1.82, 2.24) is 4.90 Å². The number of ether oxygens (including phenoxy) is 4. The third-order valence-electron chi connectivity index (χ3n) is 6.37. The van der Waals surface area contributed by atoms with Gasteiger partial charge in [-0.05, 0) is 61.7 Å². The summed E-state index contributed by atoms with van der Waals surface area (Å²) in [7, 11) is 1.67. The third-order valence-corrected chi connectivity index (χ3v) is 6.37. The summed E-state index contributed by atoms with van der Waals surface area (Å²) in [4.78, 5) is 15.5. The quantitative estimate of drug-likeness (QED) is 0.429. The Kier molecular flexibility index (Phi) is 6.47. The van der Waals surface area contributed by atoms with Crippen LogP contribution in [0.4, 0.5) is 0 Å². The zero-order chi connectivity index (χ0) is 24.4. The van der Waals surface area contributed by atoms with Crippen LogP contribution in [0.2, 0.25) is 0 Å². The number of para-hydroxylation sites is 1. The molecule has 6 heteroatoms. The number of rotatable bonds is 7. The second-order valence-electron chi connectivity index (χ2n) is 8.71. The monoisotopic (exact) mass is 471 g/mol. The van der Waals surface area contributed by atoms with Gasteiger partial charge < -0.3 is 18.9 Å². The number of hydrogen-bond donors (Lipinski definition) is 0. The number of fused-ring (bicyclic) bond motifs is 3. The topological polar surface area (TPSA) is 57.2 Å². The molecule has 6 nitrogen and oxygen atoms in total. The van der Waals surface area contributed by atoms with E-state index in [1.165, 1.54) is 5.56 Å². The van der Waals surface area contributed by atoms with Crippen molar-refractivity contribution in [3.63, 3.8) is 0 Å². The van der Waals surface area contributed by atoms with E-state index < -0.39 is 0 Å². The highest BCUT2D eigenvalue weighted by Gasteiger charge is 2.35. The van der Waals surface area contributed by atoms with Gasteiger partial charge in [-0.25, -0.2) is 0 Å². The van der Waals surface area contributed by atoms with Gasteiger partial charge in [0.05, 0.1) is 24.8 Å². The Hall–Kier alpha value is -3.77. The van der Waals surface area contributed by atoms with Gasteiger partial charge in [0.15, 0.2) is 5.76 Å². The Morgan fingerprint density at radius 2 is 1.91 bits per heavy atom. The average Bonchev–Trinajstić information content (AvgIpc) is 3.21. The summed E-state index contributed by atoms with van der Waals surface area (Å²) in [6.45, 7) is 6.40. The second-order valence-corrected chi connectivity index (χ2v) is 8.71. The van der Waals surface area contributed by atoms with Crippen LogP contribution in [-0.4, -0.2) is 37.7 Å². The fraction of sp³-hybridized carbons (Fsp3) is 0.276. The summed E-state index contributed by atoms with van der Waals surface area (Å²) in [5, 5.41) is 0. The van der Waals surface area contributed by atoms with E-state index >= 15 is 0 Å². The fourth-order valence-electron chi connectivity index (χ4n) is 4.53. The van der Waals surface area contributed by atoms with E-state index in [4.69, 9.17) is 18.9 Å². The lowest BCUT2D eigenvalue weighted by atomic mass is 9.98. The Bertz CT molecular complexity index is 1280. The number of aryl methyl sites for hydroxylation is 1. The predicted molar refractivity (Wildman–Crippen MR) is 134 cm³/mol. The maximum absolute atomic E-state index is 13.3. The Labute approximate surface area is 205 Å². The molecular weight excluding hydrogens is 442 g/mol. The van der Waals surface area contributed by atoms with E-state index in [1.807, 2.05) is 56.3 Å². The normalized spacial score (nSPS) is 15.9. The summed E-state index contributed by atoms with van der Waals surface area (Å²) in [6.07, 6.45) is 2.65. The van der Waals surface area contributed by atoms with Crippen LogP contribution in [0, 0.1) is 6.92 Å². The first-order valence-corrected chi connectivity index (χ1v) is 11.9. The predicted octanol–water partition coefficient (Wildman–Crippen LogP) is 5.41. The highest BCUT2D eigenvalue weighted by Crippen LogP contribution is 2.44. The SMILES string of the molecule is CCOc1ccccc1/C=C1/Oc2c3c(cc(C)c2C1=O)OCN(CCc1ccc(OC)cc1)C3. The molecule has 2 aliphatic rings. The van der Waals surface area contributed by atoms with Crippen LogP contribution in [0.5, 0.6) is 23.0 Å². The van der Waals surface area contributed by atoms with Crippen LogP contribution in [0.25, 0.3) is 6.08 Å². The zero-order valence-corrected chi connectivity index (χ0v) is 20.3. The molecule has 0 radical (unpaired) electrons. The number of carbonyl (C=O) groups excluding carboxylic acids is 1. The number of carbonyl (C=O) groups is 1. The molecule has 0 bridgehead atoms. The van der Waals surface area contributed by atoms with Crippen LogP contribution in [0.3, 0.4) is 0 Å². The molecule has 0 atom stereocenters. The molecule has 0 unspecified atom stereocenters. The minimum Gasteiger partial charge on any atom is -0.497 e. The first kappa shape index (κ1) is 23.0. The van der Waals surface area contributed by atoms with E-state index in [1.54, 1.807) is 13.2 Å². The van der Waals surface area contributed by atoms with Gasteiger partial charge in [0.25, 0.3) is 0 Å². The molecule has 35 heavy (non-hydrogen) atoms. The van der Waals surface area contributed by atoms with Gasteiger partial charge in [0, 0.05) is 18.7 Å².